The molecule has 1 atom stereocenters. The Morgan fingerprint density at radius 3 is 2.52 bits per heavy atom. The van der Waals surface area contributed by atoms with Crippen LogP contribution < -0.4 is 10.6 Å². The molecule has 122 valence electrons. The van der Waals surface area contributed by atoms with Crippen LogP contribution in [-0.2, 0) is 9.59 Å². The highest BCUT2D eigenvalue weighted by atomic mass is 19.2. The quantitative estimate of drug-likeness (QED) is 0.586. The zero-order chi connectivity index (χ0) is 17.0. The molecule has 0 saturated carbocycles. The zero-order valence-electron chi connectivity index (χ0n) is 11.5. The van der Waals surface area contributed by atoms with E-state index in [9.17, 15) is 27.9 Å². The molecule has 0 bridgehead atoms. The van der Waals surface area contributed by atoms with Crippen molar-refractivity contribution in [2.45, 2.75) is 6.10 Å². The van der Waals surface area contributed by atoms with Gasteiger partial charge in [0.1, 0.15) is 11.9 Å². The van der Waals surface area contributed by atoms with E-state index in [0.717, 1.165) is 6.07 Å². The number of carbonyl (C=O) groups is 2. The van der Waals surface area contributed by atoms with E-state index in [2.05, 4.69) is 5.32 Å². The first-order valence-electron chi connectivity index (χ1n) is 6.34. The van der Waals surface area contributed by atoms with Gasteiger partial charge in [0.05, 0.1) is 18.5 Å². The minimum atomic E-state index is -1.77. The van der Waals surface area contributed by atoms with Gasteiger partial charge >= 0.3 is 11.8 Å². The Kier molecular flexibility index (Phi) is 5.02. The van der Waals surface area contributed by atoms with Crippen LogP contribution in [0.15, 0.2) is 34.9 Å². The molecule has 0 aliphatic rings. The fraction of sp³-hybridized carbons (Fsp3) is 0.143. The number of nitrogens with one attached hydrogen (secondary N) is 2. The van der Waals surface area contributed by atoms with Gasteiger partial charge in [0, 0.05) is 0 Å². The Hall–Kier alpha value is -2.81. The third-order valence-corrected chi connectivity index (χ3v) is 2.82. The van der Waals surface area contributed by atoms with Crippen molar-refractivity contribution in [3.63, 3.8) is 0 Å². The van der Waals surface area contributed by atoms with Crippen LogP contribution in [0.4, 0.5) is 18.9 Å². The van der Waals surface area contributed by atoms with Gasteiger partial charge in [0.2, 0.25) is 0 Å². The summed E-state index contributed by atoms with van der Waals surface area (Å²) in [4.78, 5) is 23.1. The molecule has 1 aromatic heterocycles. The van der Waals surface area contributed by atoms with Crippen LogP contribution in [0.1, 0.15) is 11.9 Å². The Labute approximate surface area is 127 Å². The van der Waals surface area contributed by atoms with Gasteiger partial charge in [-0.15, -0.1) is 0 Å². The van der Waals surface area contributed by atoms with Gasteiger partial charge in [-0.3, -0.25) is 9.59 Å². The second-order valence-electron chi connectivity index (χ2n) is 4.42. The van der Waals surface area contributed by atoms with Crippen LogP contribution in [0, 0.1) is 17.5 Å². The predicted octanol–water partition coefficient (Wildman–Crippen LogP) is 1.49. The van der Waals surface area contributed by atoms with E-state index in [1.807, 2.05) is 0 Å². The highest BCUT2D eigenvalue weighted by Gasteiger charge is 2.20. The normalized spacial score (nSPS) is 11.8. The fourth-order valence-electron chi connectivity index (χ4n) is 1.65. The van der Waals surface area contributed by atoms with E-state index in [1.54, 1.807) is 5.32 Å². The largest absolute Gasteiger partial charge is 0.467 e. The molecular formula is C14H11F3N2O4. The molecule has 0 aliphatic heterocycles. The molecule has 0 fully saturated rings. The lowest BCUT2D eigenvalue weighted by atomic mass is 10.2. The van der Waals surface area contributed by atoms with E-state index >= 15 is 0 Å². The number of benzene rings is 1. The van der Waals surface area contributed by atoms with Crippen LogP contribution in [0.2, 0.25) is 0 Å². The number of furan rings is 1. The van der Waals surface area contributed by atoms with Crippen molar-refractivity contribution < 1.29 is 32.3 Å². The maximum absolute atomic E-state index is 13.4. The third kappa shape index (κ3) is 3.89. The van der Waals surface area contributed by atoms with E-state index < -0.39 is 41.1 Å². The summed E-state index contributed by atoms with van der Waals surface area (Å²) in [5.74, 6) is -7.14. The van der Waals surface area contributed by atoms with Crippen molar-refractivity contribution in [2.24, 2.45) is 0 Å². The van der Waals surface area contributed by atoms with E-state index in [-0.39, 0.29) is 12.3 Å². The maximum atomic E-state index is 13.4. The lowest BCUT2D eigenvalue weighted by molar-refractivity contribution is -0.136. The number of amides is 2. The first kappa shape index (κ1) is 16.6. The molecular weight excluding hydrogens is 317 g/mol. The van der Waals surface area contributed by atoms with Crippen molar-refractivity contribution in [1.82, 2.24) is 5.32 Å². The van der Waals surface area contributed by atoms with E-state index in [1.165, 1.54) is 18.4 Å². The molecule has 1 unspecified atom stereocenters. The number of rotatable bonds is 4. The molecule has 0 radical (unpaired) electrons. The molecule has 2 amide bonds. The molecule has 0 saturated heterocycles. The van der Waals surface area contributed by atoms with Crippen molar-refractivity contribution >= 4 is 17.5 Å². The number of carbonyl (C=O) groups excluding carboxylic acids is 2. The van der Waals surface area contributed by atoms with Crippen LogP contribution in [0.5, 0.6) is 0 Å². The van der Waals surface area contributed by atoms with Crippen LogP contribution in [0.25, 0.3) is 0 Å². The molecule has 1 aromatic carbocycles. The minimum absolute atomic E-state index is 0.178. The van der Waals surface area contributed by atoms with Crippen LogP contribution in [0.3, 0.4) is 0 Å². The number of aliphatic hydroxyl groups excluding tert-OH is 1. The second-order valence-corrected chi connectivity index (χ2v) is 4.42. The maximum Gasteiger partial charge on any atom is 0.313 e. The molecule has 1 heterocycles. The molecule has 2 rings (SSSR count). The molecule has 6 nitrogen and oxygen atoms in total. The SMILES string of the molecule is O=C(NCC(O)c1ccco1)C(=O)Nc1ccc(F)c(F)c1F. The highest BCUT2D eigenvalue weighted by molar-refractivity contribution is 6.39. The fourth-order valence-corrected chi connectivity index (χ4v) is 1.65. The summed E-state index contributed by atoms with van der Waals surface area (Å²) in [6.07, 6.45) is 0.139. The molecule has 3 N–H and O–H groups in total. The minimum Gasteiger partial charge on any atom is -0.467 e. The lowest BCUT2D eigenvalue weighted by Gasteiger charge is -2.10. The van der Waals surface area contributed by atoms with Gasteiger partial charge in [0.25, 0.3) is 0 Å². The molecule has 9 heteroatoms. The predicted molar refractivity (Wildman–Crippen MR) is 71.6 cm³/mol. The van der Waals surface area contributed by atoms with Crippen molar-refractivity contribution in [1.29, 1.82) is 0 Å². The van der Waals surface area contributed by atoms with Gasteiger partial charge in [-0.1, -0.05) is 0 Å². The third-order valence-electron chi connectivity index (χ3n) is 2.82. The molecule has 2 aromatic rings. The summed E-state index contributed by atoms with van der Waals surface area (Å²) in [6.45, 7) is -0.333. The molecule has 23 heavy (non-hydrogen) atoms. The van der Waals surface area contributed by atoms with Crippen LogP contribution >= 0.6 is 0 Å². The monoisotopic (exact) mass is 328 g/mol. The zero-order valence-corrected chi connectivity index (χ0v) is 11.5. The van der Waals surface area contributed by atoms with Gasteiger partial charge in [-0.05, 0) is 24.3 Å². The number of aliphatic hydroxyl groups is 1. The van der Waals surface area contributed by atoms with Gasteiger partial charge in [-0.25, -0.2) is 13.2 Å². The summed E-state index contributed by atoms with van der Waals surface area (Å²) in [5, 5.41) is 13.5. The Morgan fingerprint density at radius 2 is 1.87 bits per heavy atom. The first-order valence-corrected chi connectivity index (χ1v) is 6.34. The summed E-state index contributed by atoms with van der Waals surface area (Å²) >= 11 is 0. The Balaban J connectivity index is 1.93. The number of hydrogen-bond donors (Lipinski definition) is 3. The number of hydrogen-bond acceptors (Lipinski definition) is 4. The number of halogens is 3. The van der Waals surface area contributed by atoms with Crippen molar-refractivity contribution in [3.8, 4) is 0 Å². The molecule has 0 aliphatic carbocycles. The summed E-state index contributed by atoms with van der Waals surface area (Å²) < 4.78 is 44.0. The summed E-state index contributed by atoms with van der Waals surface area (Å²) in [6, 6.07) is 4.37. The summed E-state index contributed by atoms with van der Waals surface area (Å²) in [7, 11) is 0. The Morgan fingerprint density at radius 1 is 1.13 bits per heavy atom. The average molecular weight is 328 g/mol. The van der Waals surface area contributed by atoms with E-state index in [0.29, 0.717) is 6.07 Å². The standard InChI is InChI=1S/C14H11F3N2O4/c15-7-3-4-8(12(17)11(7)16)19-14(22)13(21)18-6-9(20)10-2-1-5-23-10/h1-5,9,20H,6H2,(H,18,21)(H,19,22). The van der Waals surface area contributed by atoms with Crippen molar-refractivity contribution in [3.05, 3.63) is 53.7 Å². The van der Waals surface area contributed by atoms with Crippen LogP contribution in [-0.4, -0.2) is 23.5 Å². The number of anilines is 1. The second kappa shape index (κ2) is 6.97. The topological polar surface area (TPSA) is 91.6 Å². The van der Waals surface area contributed by atoms with Gasteiger partial charge < -0.3 is 20.2 Å². The molecule has 0 spiro atoms. The van der Waals surface area contributed by atoms with E-state index in [4.69, 9.17) is 4.42 Å². The lowest BCUT2D eigenvalue weighted by Crippen LogP contribution is -2.37. The summed E-state index contributed by atoms with van der Waals surface area (Å²) in [5.41, 5.74) is -0.685. The Bertz CT molecular complexity index is 719. The van der Waals surface area contributed by atoms with Gasteiger partial charge in [0.15, 0.2) is 17.5 Å². The smallest absolute Gasteiger partial charge is 0.313 e. The average Bonchev–Trinajstić information content (AvgIpc) is 3.07. The van der Waals surface area contributed by atoms with Gasteiger partial charge in [-0.2, -0.15) is 0 Å². The first-order chi connectivity index (χ1) is 10.9. The van der Waals surface area contributed by atoms with Crippen molar-refractivity contribution in [2.75, 3.05) is 11.9 Å². The highest BCUT2D eigenvalue weighted by Crippen LogP contribution is 2.19.